The Bertz CT molecular complexity index is 376. The molecule has 1 heterocycles. The summed E-state index contributed by atoms with van der Waals surface area (Å²) in [6, 6.07) is 8.22. The van der Waals surface area contributed by atoms with E-state index < -0.39 is 0 Å². The Labute approximate surface area is 95.2 Å². The summed E-state index contributed by atoms with van der Waals surface area (Å²) in [5.41, 5.74) is 2.39. The summed E-state index contributed by atoms with van der Waals surface area (Å²) in [6.45, 7) is 4.08. The Morgan fingerprint density at radius 2 is 2.20 bits per heavy atom. The number of nitrogens with one attached hydrogen (secondary N) is 1. The van der Waals surface area contributed by atoms with Gasteiger partial charge in [0.1, 0.15) is 5.84 Å². The van der Waals surface area contributed by atoms with Gasteiger partial charge in [-0.2, -0.15) is 11.8 Å². The predicted octanol–water partition coefficient (Wildman–Crippen LogP) is 2.58. The van der Waals surface area contributed by atoms with Gasteiger partial charge in [-0.3, -0.25) is 5.41 Å². The molecule has 1 aliphatic heterocycles. The van der Waals surface area contributed by atoms with Crippen molar-refractivity contribution in [2.45, 2.75) is 18.7 Å². The van der Waals surface area contributed by atoms with E-state index in [4.69, 9.17) is 5.41 Å². The van der Waals surface area contributed by atoms with E-state index in [0.717, 1.165) is 18.7 Å². The maximum absolute atomic E-state index is 8.07. The van der Waals surface area contributed by atoms with Crippen LogP contribution in [-0.2, 0) is 6.54 Å². The zero-order valence-electron chi connectivity index (χ0n) is 9.16. The topological polar surface area (TPSA) is 27.1 Å². The van der Waals surface area contributed by atoms with E-state index in [2.05, 4.69) is 24.1 Å². The van der Waals surface area contributed by atoms with E-state index in [1.807, 2.05) is 30.0 Å². The van der Waals surface area contributed by atoms with Crippen molar-refractivity contribution in [2.75, 3.05) is 12.8 Å². The molecule has 0 aromatic heterocycles. The summed E-state index contributed by atoms with van der Waals surface area (Å²) in [6.07, 6.45) is 2.12. The molecule has 15 heavy (non-hydrogen) atoms. The number of thioether (sulfide) groups is 1. The first-order valence-electron chi connectivity index (χ1n) is 5.17. The molecular weight excluding hydrogens is 204 g/mol. The van der Waals surface area contributed by atoms with Crippen LogP contribution >= 0.6 is 11.8 Å². The largest absolute Gasteiger partial charge is 0.351 e. The third kappa shape index (κ3) is 2.02. The molecule has 0 saturated heterocycles. The van der Waals surface area contributed by atoms with Crippen LogP contribution in [0.1, 0.15) is 18.1 Å². The number of nitrogens with zero attached hydrogens (tertiary/aromatic N) is 1. The third-order valence-electron chi connectivity index (χ3n) is 2.83. The fraction of sp³-hybridized carbons (Fsp3) is 0.417. The van der Waals surface area contributed by atoms with Gasteiger partial charge < -0.3 is 4.90 Å². The van der Waals surface area contributed by atoms with E-state index in [-0.39, 0.29) is 0 Å². The number of fused-ring (bicyclic) bond motifs is 1. The molecule has 80 valence electrons. The summed E-state index contributed by atoms with van der Waals surface area (Å²) in [5.74, 6) is 0.687. The molecule has 1 unspecified atom stereocenters. The van der Waals surface area contributed by atoms with Crippen molar-refractivity contribution in [1.29, 1.82) is 5.41 Å². The molecule has 1 atom stereocenters. The minimum atomic E-state index is 0.583. The molecule has 1 N–H and O–H groups in total. The second kappa shape index (κ2) is 4.27. The van der Waals surface area contributed by atoms with Gasteiger partial charge in [0, 0.05) is 23.9 Å². The first-order chi connectivity index (χ1) is 7.22. The Balaban J connectivity index is 2.13. The summed E-state index contributed by atoms with van der Waals surface area (Å²) in [7, 11) is 0. The normalized spacial score (nSPS) is 16.7. The monoisotopic (exact) mass is 220 g/mol. The summed E-state index contributed by atoms with van der Waals surface area (Å²) < 4.78 is 0. The highest BCUT2D eigenvalue weighted by molar-refractivity contribution is 7.99. The van der Waals surface area contributed by atoms with Crippen LogP contribution in [-0.4, -0.2) is 28.8 Å². The van der Waals surface area contributed by atoms with Crippen molar-refractivity contribution in [3.63, 3.8) is 0 Å². The quantitative estimate of drug-likeness (QED) is 0.847. The standard InChI is InChI=1S/C12H16N2S/c1-9(15-2)7-14-8-10-5-3-4-6-11(10)12(14)13/h3-6,9,13H,7-8H2,1-2H3. The highest BCUT2D eigenvalue weighted by Crippen LogP contribution is 2.23. The van der Waals surface area contributed by atoms with Crippen molar-refractivity contribution >= 4 is 17.6 Å². The van der Waals surface area contributed by atoms with Crippen LogP contribution in [0, 0.1) is 5.41 Å². The molecule has 0 aliphatic carbocycles. The van der Waals surface area contributed by atoms with Gasteiger partial charge in [-0.05, 0) is 11.8 Å². The molecule has 2 rings (SSSR count). The van der Waals surface area contributed by atoms with Crippen molar-refractivity contribution < 1.29 is 0 Å². The van der Waals surface area contributed by atoms with Crippen LogP contribution in [0.2, 0.25) is 0 Å². The summed E-state index contributed by atoms with van der Waals surface area (Å²) >= 11 is 1.85. The summed E-state index contributed by atoms with van der Waals surface area (Å²) in [5, 5.41) is 8.66. The minimum Gasteiger partial charge on any atom is -0.351 e. The lowest BCUT2D eigenvalue weighted by Crippen LogP contribution is -2.29. The molecule has 1 aliphatic rings. The van der Waals surface area contributed by atoms with Gasteiger partial charge in [-0.25, -0.2) is 0 Å². The molecule has 1 aromatic carbocycles. The van der Waals surface area contributed by atoms with E-state index in [9.17, 15) is 0 Å². The van der Waals surface area contributed by atoms with Gasteiger partial charge in [-0.15, -0.1) is 0 Å². The van der Waals surface area contributed by atoms with Gasteiger partial charge in [0.05, 0.1) is 0 Å². The van der Waals surface area contributed by atoms with Gasteiger partial charge in [0.2, 0.25) is 0 Å². The van der Waals surface area contributed by atoms with Crippen LogP contribution in [0.25, 0.3) is 0 Å². The van der Waals surface area contributed by atoms with Crippen LogP contribution < -0.4 is 0 Å². The van der Waals surface area contributed by atoms with Gasteiger partial charge in [-0.1, -0.05) is 31.2 Å². The van der Waals surface area contributed by atoms with Crippen molar-refractivity contribution in [1.82, 2.24) is 4.90 Å². The molecule has 0 fully saturated rings. The Morgan fingerprint density at radius 1 is 1.47 bits per heavy atom. The highest BCUT2D eigenvalue weighted by Gasteiger charge is 2.24. The first-order valence-corrected chi connectivity index (χ1v) is 6.45. The zero-order valence-corrected chi connectivity index (χ0v) is 9.97. The van der Waals surface area contributed by atoms with E-state index in [1.54, 1.807) is 0 Å². The zero-order chi connectivity index (χ0) is 10.8. The van der Waals surface area contributed by atoms with Crippen molar-refractivity contribution in [3.05, 3.63) is 35.4 Å². The Morgan fingerprint density at radius 3 is 2.87 bits per heavy atom. The number of hydrogen-bond donors (Lipinski definition) is 1. The SMILES string of the molecule is CSC(C)CN1Cc2ccccc2C1=N. The lowest BCUT2D eigenvalue weighted by atomic mass is 10.1. The number of benzene rings is 1. The molecule has 2 nitrogen and oxygen atoms in total. The molecule has 1 aromatic rings. The fourth-order valence-corrected chi connectivity index (χ4v) is 2.21. The maximum atomic E-state index is 8.07. The molecule has 0 radical (unpaired) electrons. The van der Waals surface area contributed by atoms with E-state index in [1.165, 1.54) is 5.56 Å². The average molecular weight is 220 g/mol. The van der Waals surface area contributed by atoms with Gasteiger partial charge >= 0.3 is 0 Å². The third-order valence-corrected chi connectivity index (χ3v) is 3.78. The molecule has 0 amide bonds. The maximum Gasteiger partial charge on any atom is 0.128 e. The lowest BCUT2D eigenvalue weighted by molar-refractivity contribution is 0.432. The smallest absolute Gasteiger partial charge is 0.128 e. The Hall–Kier alpha value is -0.960. The molecule has 0 saturated carbocycles. The molecular formula is C12H16N2S. The first kappa shape index (κ1) is 10.6. The van der Waals surface area contributed by atoms with E-state index >= 15 is 0 Å². The average Bonchev–Trinajstić information content (AvgIpc) is 2.57. The van der Waals surface area contributed by atoms with Crippen LogP contribution in [0.4, 0.5) is 0 Å². The Kier molecular flexibility index (Phi) is 3.00. The highest BCUT2D eigenvalue weighted by atomic mass is 32.2. The number of hydrogen-bond acceptors (Lipinski definition) is 2. The second-order valence-corrected chi connectivity index (χ2v) is 5.21. The van der Waals surface area contributed by atoms with Crippen molar-refractivity contribution in [2.24, 2.45) is 0 Å². The predicted molar refractivity (Wildman–Crippen MR) is 66.7 cm³/mol. The van der Waals surface area contributed by atoms with Gasteiger partial charge in [0.25, 0.3) is 0 Å². The van der Waals surface area contributed by atoms with Crippen LogP contribution in [0.15, 0.2) is 24.3 Å². The second-order valence-electron chi connectivity index (χ2n) is 3.93. The van der Waals surface area contributed by atoms with Crippen LogP contribution in [0.3, 0.4) is 0 Å². The van der Waals surface area contributed by atoms with Crippen molar-refractivity contribution in [3.8, 4) is 0 Å². The lowest BCUT2D eigenvalue weighted by Gasteiger charge is -2.21. The number of rotatable bonds is 3. The number of amidine groups is 1. The molecule has 3 heteroatoms. The minimum absolute atomic E-state index is 0.583. The summed E-state index contributed by atoms with van der Waals surface area (Å²) in [4.78, 5) is 2.16. The fourth-order valence-electron chi connectivity index (χ4n) is 1.88. The van der Waals surface area contributed by atoms with E-state index in [0.29, 0.717) is 11.1 Å². The molecule has 0 spiro atoms. The molecule has 0 bridgehead atoms. The van der Waals surface area contributed by atoms with Gasteiger partial charge in [0.15, 0.2) is 0 Å². The van der Waals surface area contributed by atoms with Crippen LogP contribution in [0.5, 0.6) is 0 Å².